The molecule has 0 fully saturated rings. The second kappa shape index (κ2) is 8.56. The third kappa shape index (κ3) is 4.74. The molecule has 0 aliphatic heterocycles. The average Bonchev–Trinajstić information content (AvgIpc) is 3.06. The molecule has 0 amide bonds. The highest BCUT2D eigenvalue weighted by Gasteiger charge is 2.31. The molecule has 2 N–H and O–H groups in total. The molecule has 174 valence electrons. The molecule has 2 aromatic carbocycles. The average molecular weight is 479 g/mol. The van der Waals surface area contributed by atoms with Crippen LogP contribution in [0.1, 0.15) is 11.3 Å². The Kier molecular flexibility index (Phi) is 5.93. The third-order valence-electron chi connectivity index (χ3n) is 5.19. The van der Waals surface area contributed by atoms with Gasteiger partial charge in [0.1, 0.15) is 17.0 Å². The van der Waals surface area contributed by atoms with Gasteiger partial charge in [-0.05, 0) is 61.4 Å². The third-order valence-corrected chi connectivity index (χ3v) is 6.71. The second-order valence-electron chi connectivity index (χ2n) is 7.30. The number of aromatic nitrogens is 2. The molecule has 2 heterocycles. The Morgan fingerprint density at radius 3 is 2.64 bits per heavy atom. The van der Waals surface area contributed by atoms with Gasteiger partial charge >= 0.3 is 6.36 Å². The lowest BCUT2D eigenvalue weighted by atomic mass is 10.1. The first-order valence-electron chi connectivity index (χ1n) is 9.87. The van der Waals surface area contributed by atoms with Gasteiger partial charge in [0.15, 0.2) is 0 Å². The van der Waals surface area contributed by atoms with Gasteiger partial charge in [-0.2, -0.15) is 0 Å². The summed E-state index contributed by atoms with van der Waals surface area (Å²) in [7, 11) is -2.42. The van der Waals surface area contributed by atoms with E-state index in [1.807, 2.05) is 0 Å². The van der Waals surface area contributed by atoms with Crippen LogP contribution >= 0.6 is 0 Å². The minimum absolute atomic E-state index is 0.0360. The van der Waals surface area contributed by atoms with Crippen LogP contribution in [0.3, 0.4) is 0 Å². The van der Waals surface area contributed by atoms with Crippen molar-refractivity contribution in [3.8, 4) is 11.5 Å². The number of fused-ring (bicyclic) bond motifs is 2. The molecule has 0 saturated heterocycles. The number of nitrogens with one attached hydrogen (secondary N) is 2. The first-order chi connectivity index (χ1) is 15.6. The van der Waals surface area contributed by atoms with Gasteiger partial charge in [-0.3, -0.25) is 4.98 Å². The van der Waals surface area contributed by atoms with Gasteiger partial charge in [0.05, 0.1) is 12.0 Å². The minimum atomic E-state index is -4.80. The number of hydrogen-bond acceptors (Lipinski definition) is 5. The van der Waals surface area contributed by atoms with E-state index in [-0.39, 0.29) is 23.6 Å². The molecule has 0 unspecified atom stereocenters. The zero-order valence-corrected chi connectivity index (χ0v) is 18.5. The maximum atomic E-state index is 13.0. The lowest BCUT2D eigenvalue weighted by Crippen LogP contribution is -2.26. The summed E-state index contributed by atoms with van der Waals surface area (Å²) in [6, 6.07) is 10.3. The van der Waals surface area contributed by atoms with Crippen molar-refractivity contribution in [2.45, 2.75) is 24.6 Å². The van der Waals surface area contributed by atoms with Crippen molar-refractivity contribution in [2.75, 3.05) is 13.7 Å². The topological polar surface area (TPSA) is 93.3 Å². The van der Waals surface area contributed by atoms with Crippen molar-refractivity contribution in [1.82, 2.24) is 14.7 Å². The van der Waals surface area contributed by atoms with E-state index < -0.39 is 16.4 Å². The minimum Gasteiger partial charge on any atom is -0.494 e. The van der Waals surface area contributed by atoms with Crippen LogP contribution in [0.15, 0.2) is 53.6 Å². The van der Waals surface area contributed by atoms with E-state index in [0.29, 0.717) is 33.1 Å². The molecule has 0 aliphatic rings. The summed E-state index contributed by atoms with van der Waals surface area (Å²) in [5.41, 5.74) is 2.48. The number of aryl methyl sites for hydroxylation is 1. The van der Waals surface area contributed by atoms with Gasteiger partial charge in [0.2, 0.25) is 10.0 Å². The highest BCUT2D eigenvalue weighted by atomic mass is 32.2. The molecule has 4 aromatic rings. The summed E-state index contributed by atoms with van der Waals surface area (Å²) in [6.07, 6.45) is -3.00. The van der Waals surface area contributed by atoms with Crippen LogP contribution in [0, 0.1) is 6.92 Å². The summed E-state index contributed by atoms with van der Waals surface area (Å²) < 4.78 is 75.6. The normalized spacial score (nSPS) is 12.4. The number of alkyl halides is 3. The summed E-state index contributed by atoms with van der Waals surface area (Å²) >= 11 is 0. The fourth-order valence-electron chi connectivity index (χ4n) is 3.79. The van der Waals surface area contributed by atoms with Crippen molar-refractivity contribution in [2.24, 2.45) is 0 Å². The monoisotopic (exact) mass is 479 g/mol. The van der Waals surface area contributed by atoms with Gasteiger partial charge in [0, 0.05) is 34.7 Å². The molecule has 0 atom stereocenters. The van der Waals surface area contributed by atoms with Gasteiger partial charge in [0.25, 0.3) is 0 Å². The second-order valence-corrected chi connectivity index (χ2v) is 9.03. The molecular formula is C22H20F3N3O4S. The SMILES string of the molecule is COc1ccc(S(=O)(=O)NCCc2c(C)[nH]c3ccc(OC(F)(F)F)cc23)c2cccnc12. The Bertz CT molecular complexity index is 1430. The molecule has 33 heavy (non-hydrogen) atoms. The smallest absolute Gasteiger partial charge is 0.494 e. The van der Waals surface area contributed by atoms with Gasteiger partial charge in [-0.1, -0.05) is 0 Å². The van der Waals surface area contributed by atoms with Crippen LogP contribution < -0.4 is 14.2 Å². The van der Waals surface area contributed by atoms with Crippen LogP contribution in [0.2, 0.25) is 0 Å². The number of aromatic amines is 1. The summed E-state index contributed by atoms with van der Waals surface area (Å²) in [5.74, 6) is 0.115. The zero-order valence-electron chi connectivity index (χ0n) is 17.7. The van der Waals surface area contributed by atoms with Crippen molar-refractivity contribution in [1.29, 1.82) is 0 Å². The molecule has 0 radical (unpaired) electrons. The summed E-state index contributed by atoms with van der Waals surface area (Å²) in [5, 5.41) is 0.953. The Labute approximate surface area is 187 Å². The first-order valence-corrected chi connectivity index (χ1v) is 11.4. The van der Waals surface area contributed by atoms with Gasteiger partial charge < -0.3 is 14.5 Å². The van der Waals surface area contributed by atoms with Crippen molar-refractivity contribution in [3.05, 3.63) is 59.9 Å². The Morgan fingerprint density at radius 2 is 1.91 bits per heavy atom. The van der Waals surface area contributed by atoms with Crippen molar-refractivity contribution in [3.63, 3.8) is 0 Å². The highest BCUT2D eigenvalue weighted by Crippen LogP contribution is 2.31. The fraction of sp³-hybridized carbons (Fsp3) is 0.227. The molecule has 7 nitrogen and oxygen atoms in total. The zero-order chi connectivity index (χ0) is 23.8. The van der Waals surface area contributed by atoms with Gasteiger partial charge in [-0.15, -0.1) is 13.2 Å². The Morgan fingerprint density at radius 1 is 1.12 bits per heavy atom. The maximum Gasteiger partial charge on any atom is 0.573 e. The lowest BCUT2D eigenvalue weighted by Gasteiger charge is -2.12. The quantitative estimate of drug-likeness (QED) is 0.409. The number of ether oxygens (including phenoxy) is 2. The summed E-state index contributed by atoms with van der Waals surface area (Å²) in [6.45, 7) is 1.81. The standard InChI is InChI=1S/C22H20F3N3O4S/c1-13-15(17-12-14(32-22(23,24)25)5-6-18(17)28-13)9-11-27-33(29,30)20-8-7-19(31-2)21-16(20)4-3-10-26-21/h3-8,10,12,27-28H,9,11H2,1-2H3. The molecule has 4 rings (SSSR count). The number of sulfonamides is 1. The molecule has 0 spiro atoms. The highest BCUT2D eigenvalue weighted by molar-refractivity contribution is 7.89. The van der Waals surface area contributed by atoms with E-state index in [0.717, 1.165) is 5.69 Å². The number of nitrogens with zero attached hydrogens (tertiary/aromatic N) is 1. The van der Waals surface area contributed by atoms with Crippen molar-refractivity contribution < 1.29 is 31.1 Å². The number of H-pyrrole nitrogens is 1. The lowest BCUT2D eigenvalue weighted by molar-refractivity contribution is -0.274. The first kappa shape index (κ1) is 22.9. The van der Waals surface area contributed by atoms with E-state index in [1.165, 1.54) is 37.4 Å². The number of hydrogen-bond donors (Lipinski definition) is 2. The number of methoxy groups -OCH3 is 1. The molecule has 11 heteroatoms. The van der Waals surface area contributed by atoms with E-state index in [4.69, 9.17) is 4.74 Å². The number of pyridine rings is 1. The molecule has 0 saturated carbocycles. The van der Waals surface area contributed by atoms with Crippen molar-refractivity contribution >= 4 is 31.8 Å². The van der Waals surface area contributed by atoms with Crippen LogP contribution in [0.4, 0.5) is 13.2 Å². The van der Waals surface area contributed by atoms with Gasteiger partial charge in [-0.25, -0.2) is 13.1 Å². The van der Waals surface area contributed by atoms with E-state index in [1.54, 1.807) is 25.3 Å². The largest absolute Gasteiger partial charge is 0.573 e. The predicted octanol–water partition coefficient (Wildman–Crippen LogP) is 4.45. The van der Waals surface area contributed by atoms with Crippen LogP contribution in [0.25, 0.3) is 21.8 Å². The Hall–Kier alpha value is -3.31. The Balaban J connectivity index is 1.58. The van der Waals surface area contributed by atoms with E-state index in [9.17, 15) is 21.6 Å². The fourth-order valence-corrected chi connectivity index (χ4v) is 5.02. The molecular weight excluding hydrogens is 459 g/mol. The molecule has 0 aliphatic carbocycles. The van der Waals surface area contributed by atoms with Crippen LogP contribution in [-0.2, 0) is 16.4 Å². The van der Waals surface area contributed by atoms with Crippen LogP contribution in [-0.4, -0.2) is 38.4 Å². The maximum absolute atomic E-state index is 13.0. The number of benzene rings is 2. The van der Waals surface area contributed by atoms with E-state index in [2.05, 4.69) is 19.4 Å². The predicted molar refractivity (Wildman–Crippen MR) is 117 cm³/mol. The number of halogens is 3. The van der Waals surface area contributed by atoms with E-state index >= 15 is 0 Å². The van der Waals surface area contributed by atoms with Crippen LogP contribution in [0.5, 0.6) is 11.5 Å². The molecule has 0 bridgehead atoms. The molecule has 2 aromatic heterocycles. The number of rotatable bonds is 7. The summed E-state index contributed by atoms with van der Waals surface area (Å²) in [4.78, 5) is 7.37.